The first kappa shape index (κ1) is 30.5. The standard InChI is InChI=1S/C36H40N8O4/c37-34(46)32-35(40-29(20-38-32)44-14-2-1-3-15-44)39-24-7-4-21(5-8-24)22-12-16-43(17-13-22)25-18-23-6-9-26-31(42-48-33(26)28(23)19-25)27-10-11-30(45)41-36(27)47/h4-9,20,22,25,27H,1-3,10-19H2,(H2,37,46)(H,39,40)(H,41,45,47)/t25-,27?/m1/s1. The molecule has 1 unspecified atom stereocenters. The van der Waals surface area contributed by atoms with Crippen LogP contribution in [0, 0.1) is 0 Å². The minimum absolute atomic E-state index is 0.139. The summed E-state index contributed by atoms with van der Waals surface area (Å²) in [4.78, 5) is 50.2. The SMILES string of the molecule is NC(=O)c1ncc(N2CCCCC2)nc1Nc1ccc(C2CCN([C@@H]3Cc4ccc5c(C6CCC(=O)NC6=O)noc5c4C3)CC2)cc1. The van der Waals surface area contributed by atoms with E-state index in [1.807, 2.05) is 18.2 Å². The van der Waals surface area contributed by atoms with Gasteiger partial charge in [-0.05, 0) is 99.7 Å². The minimum atomic E-state index is -0.605. The van der Waals surface area contributed by atoms with Gasteiger partial charge >= 0.3 is 0 Å². The average molecular weight is 649 g/mol. The number of carbonyl (C=O) groups is 3. The van der Waals surface area contributed by atoms with E-state index in [1.165, 1.54) is 23.1 Å². The maximum absolute atomic E-state index is 12.5. The van der Waals surface area contributed by atoms with Crippen molar-refractivity contribution in [3.05, 3.63) is 70.7 Å². The van der Waals surface area contributed by atoms with Crippen LogP contribution in [0.4, 0.5) is 17.3 Å². The van der Waals surface area contributed by atoms with Gasteiger partial charge in [-0.3, -0.25) is 24.6 Å². The molecule has 248 valence electrons. The number of likely N-dealkylation sites (tertiary alicyclic amines) is 1. The molecule has 2 aromatic carbocycles. The summed E-state index contributed by atoms with van der Waals surface area (Å²) in [7, 11) is 0. The van der Waals surface area contributed by atoms with Gasteiger partial charge < -0.3 is 20.5 Å². The molecule has 3 aliphatic heterocycles. The van der Waals surface area contributed by atoms with E-state index in [-0.39, 0.29) is 17.5 Å². The molecule has 12 nitrogen and oxygen atoms in total. The van der Waals surface area contributed by atoms with E-state index in [4.69, 9.17) is 15.2 Å². The van der Waals surface area contributed by atoms with Crippen LogP contribution in [0.5, 0.6) is 0 Å². The quantitative estimate of drug-likeness (QED) is 0.246. The Morgan fingerprint density at radius 1 is 0.958 bits per heavy atom. The predicted octanol–water partition coefficient (Wildman–Crippen LogP) is 4.32. The molecule has 0 spiro atoms. The Kier molecular flexibility index (Phi) is 8.03. The number of fused-ring (bicyclic) bond motifs is 3. The second-order valence-electron chi connectivity index (χ2n) is 13.6. The van der Waals surface area contributed by atoms with Crippen LogP contribution in [0.3, 0.4) is 0 Å². The molecule has 8 rings (SSSR count). The molecule has 3 saturated heterocycles. The number of nitrogens with one attached hydrogen (secondary N) is 2. The minimum Gasteiger partial charge on any atom is -0.364 e. The molecule has 3 amide bonds. The van der Waals surface area contributed by atoms with E-state index < -0.39 is 11.8 Å². The Balaban J connectivity index is 0.900. The van der Waals surface area contributed by atoms with Gasteiger partial charge in [-0.1, -0.05) is 23.4 Å². The van der Waals surface area contributed by atoms with Crippen molar-refractivity contribution in [2.75, 3.05) is 36.4 Å². The van der Waals surface area contributed by atoms with Crippen LogP contribution in [0.25, 0.3) is 11.0 Å². The van der Waals surface area contributed by atoms with Gasteiger partial charge in [0.2, 0.25) is 11.8 Å². The number of benzene rings is 2. The van der Waals surface area contributed by atoms with E-state index in [0.717, 1.165) is 87.2 Å². The van der Waals surface area contributed by atoms with Crippen molar-refractivity contribution in [2.24, 2.45) is 5.73 Å². The van der Waals surface area contributed by atoms with E-state index in [2.05, 4.69) is 48.8 Å². The first-order valence-electron chi connectivity index (χ1n) is 17.2. The van der Waals surface area contributed by atoms with Crippen molar-refractivity contribution in [1.82, 2.24) is 25.3 Å². The van der Waals surface area contributed by atoms with Crippen LogP contribution in [0.2, 0.25) is 0 Å². The van der Waals surface area contributed by atoms with E-state index in [9.17, 15) is 14.4 Å². The van der Waals surface area contributed by atoms with Crippen molar-refractivity contribution >= 4 is 46.0 Å². The summed E-state index contributed by atoms with van der Waals surface area (Å²) in [5.41, 5.74) is 11.8. The molecule has 1 aliphatic carbocycles. The number of hydrogen-bond acceptors (Lipinski definition) is 10. The van der Waals surface area contributed by atoms with Gasteiger partial charge in [-0.25, -0.2) is 9.97 Å². The fourth-order valence-corrected chi connectivity index (χ4v) is 8.06. The lowest BCUT2D eigenvalue weighted by atomic mass is 9.88. The molecule has 4 N–H and O–H groups in total. The van der Waals surface area contributed by atoms with Crippen molar-refractivity contribution in [3.63, 3.8) is 0 Å². The van der Waals surface area contributed by atoms with Crippen molar-refractivity contribution in [1.29, 1.82) is 0 Å². The number of nitrogens with two attached hydrogens (primary N) is 1. The lowest BCUT2D eigenvalue weighted by Crippen LogP contribution is -2.41. The summed E-state index contributed by atoms with van der Waals surface area (Å²) in [6.07, 6.45) is 9.90. The summed E-state index contributed by atoms with van der Waals surface area (Å²) >= 11 is 0. The second-order valence-corrected chi connectivity index (χ2v) is 13.6. The highest BCUT2D eigenvalue weighted by atomic mass is 16.5. The van der Waals surface area contributed by atoms with Crippen molar-refractivity contribution in [2.45, 2.75) is 75.7 Å². The first-order chi connectivity index (χ1) is 23.4. The van der Waals surface area contributed by atoms with Gasteiger partial charge in [0.25, 0.3) is 5.91 Å². The normalized spacial score (nSPS) is 22.1. The maximum Gasteiger partial charge on any atom is 0.271 e. The van der Waals surface area contributed by atoms with Crippen LogP contribution in [-0.4, -0.2) is 70.0 Å². The molecule has 0 bridgehead atoms. The number of anilines is 3. The summed E-state index contributed by atoms with van der Waals surface area (Å²) in [6, 6.07) is 13.0. The Morgan fingerprint density at radius 2 is 1.75 bits per heavy atom. The highest BCUT2D eigenvalue weighted by Gasteiger charge is 2.36. The van der Waals surface area contributed by atoms with Crippen LogP contribution >= 0.6 is 0 Å². The average Bonchev–Trinajstić information content (AvgIpc) is 3.74. The lowest BCUT2D eigenvalue weighted by Gasteiger charge is -2.36. The topological polar surface area (TPSA) is 160 Å². The number of piperidine rings is 3. The smallest absolute Gasteiger partial charge is 0.271 e. The van der Waals surface area contributed by atoms with Gasteiger partial charge in [0.15, 0.2) is 17.1 Å². The van der Waals surface area contributed by atoms with Gasteiger partial charge in [-0.2, -0.15) is 0 Å². The number of primary amides is 1. The highest BCUT2D eigenvalue weighted by molar-refractivity contribution is 6.02. The molecule has 2 atom stereocenters. The number of rotatable bonds is 7. The van der Waals surface area contributed by atoms with E-state index in [0.29, 0.717) is 36.3 Å². The number of aromatic nitrogens is 3. The zero-order valence-electron chi connectivity index (χ0n) is 26.9. The fraction of sp³-hybridized carbons (Fsp3) is 0.444. The molecular weight excluding hydrogens is 608 g/mol. The molecule has 12 heteroatoms. The number of hydrogen-bond donors (Lipinski definition) is 3. The van der Waals surface area contributed by atoms with Gasteiger partial charge in [0.05, 0.1) is 12.1 Å². The van der Waals surface area contributed by atoms with Crippen LogP contribution < -0.4 is 21.3 Å². The summed E-state index contributed by atoms with van der Waals surface area (Å²) in [6.45, 7) is 3.91. The predicted molar refractivity (Wildman–Crippen MR) is 180 cm³/mol. The molecule has 2 aromatic heterocycles. The van der Waals surface area contributed by atoms with E-state index in [1.54, 1.807) is 6.20 Å². The molecule has 0 saturated carbocycles. The first-order valence-corrected chi connectivity index (χ1v) is 17.2. The zero-order chi connectivity index (χ0) is 32.8. The number of nitrogens with zero attached hydrogens (tertiary/aromatic N) is 5. The number of amides is 3. The van der Waals surface area contributed by atoms with Crippen LogP contribution in [0.1, 0.15) is 89.7 Å². The Hall–Kier alpha value is -4.84. The Morgan fingerprint density at radius 3 is 2.50 bits per heavy atom. The molecule has 0 radical (unpaired) electrons. The lowest BCUT2D eigenvalue weighted by molar-refractivity contribution is -0.134. The largest absolute Gasteiger partial charge is 0.364 e. The molecule has 5 heterocycles. The summed E-state index contributed by atoms with van der Waals surface area (Å²) in [5.74, 6) is 0.0339. The number of imide groups is 1. The Labute approximate surface area is 278 Å². The van der Waals surface area contributed by atoms with Crippen LogP contribution in [-0.2, 0) is 22.4 Å². The molecule has 4 aliphatic rings. The highest BCUT2D eigenvalue weighted by Crippen LogP contribution is 2.39. The molecule has 4 aromatic rings. The zero-order valence-corrected chi connectivity index (χ0v) is 26.9. The molecule has 3 fully saturated rings. The third-order valence-corrected chi connectivity index (χ3v) is 10.7. The molecular formula is C36H40N8O4. The second kappa shape index (κ2) is 12.6. The molecule has 48 heavy (non-hydrogen) atoms. The number of carbonyl (C=O) groups excluding carboxylic acids is 3. The Bertz CT molecular complexity index is 1870. The summed E-state index contributed by atoms with van der Waals surface area (Å²) < 4.78 is 5.86. The van der Waals surface area contributed by atoms with Crippen LogP contribution in [0.15, 0.2) is 47.1 Å². The van der Waals surface area contributed by atoms with Gasteiger partial charge in [-0.15, -0.1) is 0 Å². The fourth-order valence-electron chi connectivity index (χ4n) is 8.06. The van der Waals surface area contributed by atoms with Gasteiger partial charge in [0, 0.05) is 42.2 Å². The van der Waals surface area contributed by atoms with Crippen molar-refractivity contribution in [3.8, 4) is 0 Å². The third-order valence-electron chi connectivity index (χ3n) is 10.7. The third kappa shape index (κ3) is 5.78. The summed E-state index contributed by atoms with van der Waals surface area (Å²) in [5, 5.41) is 10.9. The van der Waals surface area contributed by atoms with Crippen molar-refractivity contribution < 1.29 is 18.9 Å². The monoisotopic (exact) mass is 648 g/mol. The maximum atomic E-state index is 12.5. The van der Waals surface area contributed by atoms with E-state index >= 15 is 0 Å². The van der Waals surface area contributed by atoms with Gasteiger partial charge in [0.1, 0.15) is 11.5 Å².